The molecule has 1 radical (unpaired) electrons. The van der Waals surface area contributed by atoms with Gasteiger partial charge in [0.2, 0.25) is 0 Å². The largest absolute Gasteiger partial charge is 0.391 e. The van der Waals surface area contributed by atoms with Crippen molar-refractivity contribution in [3.8, 4) is 0 Å². The summed E-state index contributed by atoms with van der Waals surface area (Å²) in [6, 6.07) is 8.61. The van der Waals surface area contributed by atoms with Gasteiger partial charge in [0.15, 0.2) is 0 Å². The standard InChI is InChI=1S/C10H11ClNO/c11-8-1-3-9(4-2-8)12-6-5-10(13)7-12/h1-3,10,13H,5-7H2. The Balaban J connectivity index is 2.13. The molecule has 13 heavy (non-hydrogen) atoms. The Hall–Kier alpha value is -0.730. The Morgan fingerprint density at radius 3 is 2.92 bits per heavy atom. The number of halogens is 1. The Morgan fingerprint density at radius 2 is 2.38 bits per heavy atom. The molecule has 1 unspecified atom stereocenters. The number of benzene rings is 1. The minimum absolute atomic E-state index is 0.191. The van der Waals surface area contributed by atoms with Crippen molar-refractivity contribution in [2.75, 3.05) is 18.0 Å². The summed E-state index contributed by atoms with van der Waals surface area (Å²) in [6.45, 7) is 1.61. The highest BCUT2D eigenvalue weighted by molar-refractivity contribution is 6.30. The van der Waals surface area contributed by atoms with Gasteiger partial charge in [0.05, 0.1) is 6.10 Å². The quantitative estimate of drug-likeness (QED) is 0.740. The molecule has 0 aliphatic carbocycles. The van der Waals surface area contributed by atoms with Crippen LogP contribution < -0.4 is 4.90 Å². The highest BCUT2D eigenvalue weighted by atomic mass is 35.5. The zero-order chi connectivity index (χ0) is 9.26. The summed E-state index contributed by atoms with van der Waals surface area (Å²) in [7, 11) is 0. The fourth-order valence-corrected chi connectivity index (χ4v) is 1.67. The maximum absolute atomic E-state index is 9.33. The smallest absolute Gasteiger partial charge is 0.0731 e. The van der Waals surface area contributed by atoms with Gasteiger partial charge in [0.1, 0.15) is 0 Å². The molecule has 1 aromatic rings. The van der Waals surface area contributed by atoms with Gasteiger partial charge in [0.25, 0.3) is 0 Å². The third-order valence-corrected chi connectivity index (χ3v) is 2.50. The van der Waals surface area contributed by atoms with Crippen LogP contribution >= 0.6 is 11.6 Å². The van der Waals surface area contributed by atoms with Crippen LogP contribution in [-0.4, -0.2) is 24.3 Å². The number of aliphatic hydroxyl groups is 1. The van der Waals surface area contributed by atoms with E-state index >= 15 is 0 Å². The minimum atomic E-state index is -0.191. The van der Waals surface area contributed by atoms with E-state index in [2.05, 4.69) is 11.0 Å². The Labute approximate surface area is 82.7 Å². The molecule has 0 amide bonds. The van der Waals surface area contributed by atoms with Crippen LogP contribution in [0.25, 0.3) is 0 Å². The van der Waals surface area contributed by atoms with Crippen molar-refractivity contribution in [2.45, 2.75) is 12.5 Å². The number of β-amino-alcohol motifs (C(OH)–C–C–N with tert-alkyl or cyclic N) is 1. The molecule has 3 heteroatoms. The van der Waals surface area contributed by atoms with Crippen molar-refractivity contribution < 1.29 is 5.11 Å². The first kappa shape index (κ1) is 8.85. The van der Waals surface area contributed by atoms with E-state index in [-0.39, 0.29) is 6.10 Å². The third kappa shape index (κ3) is 1.95. The number of hydrogen-bond donors (Lipinski definition) is 1. The van der Waals surface area contributed by atoms with Crippen molar-refractivity contribution in [2.24, 2.45) is 0 Å². The van der Waals surface area contributed by atoms with Gasteiger partial charge in [-0.15, -0.1) is 0 Å². The first-order valence-electron chi connectivity index (χ1n) is 4.36. The van der Waals surface area contributed by atoms with E-state index in [1.807, 2.05) is 12.1 Å². The number of rotatable bonds is 1. The van der Waals surface area contributed by atoms with Gasteiger partial charge in [0, 0.05) is 29.9 Å². The predicted molar refractivity (Wildman–Crippen MR) is 53.1 cm³/mol. The van der Waals surface area contributed by atoms with Crippen LogP contribution in [0.3, 0.4) is 0 Å². The topological polar surface area (TPSA) is 23.5 Å². The molecule has 1 saturated heterocycles. The van der Waals surface area contributed by atoms with E-state index in [1.54, 1.807) is 6.07 Å². The average molecular weight is 197 g/mol. The number of nitrogens with zero attached hydrogens (tertiary/aromatic N) is 1. The van der Waals surface area contributed by atoms with E-state index in [0.717, 1.165) is 18.7 Å². The maximum Gasteiger partial charge on any atom is 0.0731 e. The van der Waals surface area contributed by atoms with E-state index in [9.17, 15) is 5.11 Å². The van der Waals surface area contributed by atoms with Crippen molar-refractivity contribution in [3.05, 3.63) is 29.3 Å². The molecule has 69 valence electrons. The fourth-order valence-electron chi connectivity index (χ4n) is 1.55. The maximum atomic E-state index is 9.33. The molecule has 0 spiro atoms. The first-order chi connectivity index (χ1) is 6.25. The molecule has 2 nitrogen and oxygen atoms in total. The molecular weight excluding hydrogens is 186 g/mol. The van der Waals surface area contributed by atoms with Crippen molar-refractivity contribution in [3.63, 3.8) is 0 Å². The molecule has 1 aliphatic rings. The van der Waals surface area contributed by atoms with Gasteiger partial charge >= 0.3 is 0 Å². The summed E-state index contributed by atoms with van der Waals surface area (Å²) < 4.78 is 0. The van der Waals surface area contributed by atoms with Crippen LogP contribution in [0, 0.1) is 6.07 Å². The fraction of sp³-hybridized carbons (Fsp3) is 0.400. The molecule has 1 fully saturated rings. The van der Waals surface area contributed by atoms with Crippen molar-refractivity contribution in [1.29, 1.82) is 0 Å². The number of hydrogen-bond acceptors (Lipinski definition) is 2. The normalized spacial score (nSPS) is 22.3. The van der Waals surface area contributed by atoms with Crippen molar-refractivity contribution in [1.82, 2.24) is 0 Å². The molecule has 1 atom stereocenters. The Morgan fingerprint density at radius 1 is 1.54 bits per heavy atom. The lowest BCUT2D eigenvalue weighted by Gasteiger charge is -2.16. The van der Waals surface area contributed by atoms with E-state index < -0.39 is 0 Å². The number of aliphatic hydroxyl groups excluding tert-OH is 1. The molecule has 0 saturated carbocycles. The van der Waals surface area contributed by atoms with Crippen LogP contribution in [0.2, 0.25) is 5.02 Å². The summed E-state index contributed by atoms with van der Waals surface area (Å²) in [4.78, 5) is 2.11. The highest BCUT2D eigenvalue weighted by Gasteiger charge is 2.19. The summed E-state index contributed by atoms with van der Waals surface area (Å²) in [5, 5.41) is 10.0. The number of anilines is 1. The highest BCUT2D eigenvalue weighted by Crippen LogP contribution is 2.21. The summed E-state index contributed by atoms with van der Waals surface area (Å²) in [5.74, 6) is 0. The average Bonchev–Trinajstić information content (AvgIpc) is 2.53. The summed E-state index contributed by atoms with van der Waals surface area (Å²) in [6.07, 6.45) is 0.653. The molecule has 0 aromatic heterocycles. The molecule has 2 rings (SSSR count). The molecule has 1 aromatic carbocycles. The minimum Gasteiger partial charge on any atom is -0.391 e. The van der Waals surface area contributed by atoms with Crippen LogP contribution in [0.15, 0.2) is 18.2 Å². The lowest BCUT2D eigenvalue weighted by Crippen LogP contribution is -2.20. The SMILES string of the molecule is OC1CCN(c2[c]cc(Cl)cc2)C1. The summed E-state index contributed by atoms with van der Waals surface area (Å²) >= 11 is 5.75. The van der Waals surface area contributed by atoms with Crippen LogP contribution in [0.4, 0.5) is 5.69 Å². The second-order valence-electron chi connectivity index (χ2n) is 3.28. The zero-order valence-electron chi connectivity index (χ0n) is 7.20. The van der Waals surface area contributed by atoms with E-state index in [4.69, 9.17) is 11.6 Å². The molecule has 0 bridgehead atoms. The van der Waals surface area contributed by atoms with Gasteiger partial charge < -0.3 is 10.0 Å². The van der Waals surface area contributed by atoms with Gasteiger partial charge in [-0.25, -0.2) is 0 Å². The Bertz CT molecular complexity index is 285. The van der Waals surface area contributed by atoms with Crippen molar-refractivity contribution >= 4 is 17.3 Å². The molecular formula is C10H11ClNO. The first-order valence-corrected chi connectivity index (χ1v) is 4.74. The predicted octanol–water partition coefficient (Wildman–Crippen LogP) is 1.71. The van der Waals surface area contributed by atoms with E-state index in [1.165, 1.54) is 0 Å². The van der Waals surface area contributed by atoms with E-state index in [0.29, 0.717) is 11.6 Å². The third-order valence-electron chi connectivity index (χ3n) is 2.26. The van der Waals surface area contributed by atoms with Gasteiger partial charge in [-0.2, -0.15) is 0 Å². The monoisotopic (exact) mass is 196 g/mol. The molecule has 1 N–H and O–H groups in total. The van der Waals surface area contributed by atoms with Gasteiger partial charge in [-0.05, 0) is 24.6 Å². The zero-order valence-corrected chi connectivity index (χ0v) is 7.96. The lowest BCUT2D eigenvalue weighted by molar-refractivity contribution is 0.198. The molecule has 1 aliphatic heterocycles. The van der Waals surface area contributed by atoms with Crippen LogP contribution in [0.1, 0.15) is 6.42 Å². The van der Waals surface area contributed by atoms with Crippen LogP contribution in [0.5, 0.6) is 0 Å². The van der Waals surface area contributed by atoms with Gasteiger partial charge in [-0.3, -0.25) is 0 Å². The van der Waals surface area contributed by atoms with Gasteiger partial charge in [-0.1, -0.05) is 11.6 Å². The lowest BCUT2D eigenvalue weighted by atomic mass is 10.3. The second kappa shape index (κ2) is 3.56. The van der Waals surface area contributed by atoms with Crippen LogP contribution in [-0.2, 0) is 0 Å². The molecule has 1 heterocycles. The Kier molecular flexibility index (Phi) is 2.42. The summed E-state index contributed by atoms with van der Waals surface area (Å²) in [5.41, 5.74) is 1.01. The second-order valence-corrected chi connectivity index (χ2v) is 3.72.